The van der Waals surface area contributed by atoms with Gasteiger partial charge in [0, 0.05) is 28.1 Å². The molecule has 1 atom stereocenters. The molecular formula is C20H21Cl2N3. The van der Waals surface area contributed by atoms with Gasteiger partial charge in [0.25, 0.3) is 0 Å². The Bertz CT molecular complexity index is 844. The third kappa shape index (κ3) is 4.17. The van der Waals surface area contributed by atoms with Crippen LogP contribution in [0.4, 0.5) is 5.69 Å². The van der Waals surface area contributed by atoms with Gasteiger partial charge in [0.1, 0.15) is 0 Å². The lowest BCUT2D eigenvalue weighted by molar-refractivity contribution is 0.529. The Morgan fingerprint density at radius 3 is 2.60 bits per heavy atom. The maximum atomic E-state index is 6.38. The molecule has 0 saturated heterocycles. The molecule has 3 rings (SSSR count). The Balaban J connectivity index is 2.02. The van der Waals surface area contributed by atoms with E-state index in [0.717, 1.165) is 30.5 Å². The number of imidazole rings is 1. The molecule has 1 aromatic heterocycles. The fourth-order valence-corrected chi connectivity index (χ4v) is 3.62. The number of rotatable bonds is 6. The third-order valence-corrected chi connectivity index (χ3v) is 4.96. The molecular weight excluding hydrogens is 353 g/mol. The van der Waals surface area contributed by atoms with E-state index in [1.165, 1.54) is 11.1 Å². The maximum absolute atomic E-state index is 6.38. The second-order valence-electron chi connectivity index (χ2n) is 6.19. The van der Waals surface area contributed by atoms with Gasteiger partial charge < -0.3 is 10.3 Å². The van der Waals surface area contributed by atoms with Gasteiger partial charge in [-0.1, -0.05) is 48.7 Å². The number of aromatic nitrogens is 2. The van der Waals surface area contributed by atoms with Crippen molar-refractivity contribution < 1.29 is 0 Å². The smallest absolute Gasteiger partial charge is 0.0951 e. The quantitative estimate of drug-likeness (QED) is 0.558. The van der Waals surface area contributed by atoms with E-state index in [2.05, 4.69) is 28.6 Å². The molecule has 25 heavy (non-hydrogen) atoms. The Morgan fingerprint density at radius 1 is 1.12 bits per heavy atom. The third-order valence-electron chi connectivity index (χ3n) is 4.37. The monoisotopic (exact) mass is 373 g/mol. The summed E-state index contributed by atoms with van der Waals surface area (Å²) in [6, 6.07) is 12.0. The highest BCUT2D eigenvalue weighted by Crippen LogP contribution is 2.31. The number of benzene rings is 2. The number of nitrogen functional groups attached to an aromatic ring is 1. The van der Waals surface area contributed by atoms with Crippen molar-refractivity contribution in [2.75, 3.05) is 5.73 Å². The molecule has 1 unspecified atom stereocenters. The summed E-state index contributed by atoms with van der Waals surface area (Å²) in [7, 11) is 0. The van der Waals surface area contributed by atoms with Crippen LogP contribution in [-0.2, 0) is 6.42 Å². The van der Waals surface area contributed by atoms with Gasteiger partial charge >= 0.3 is 0 Å². The number of hydrogen-bond acceptors (Lipinski definition) is 2. The van der Waals surface area contributed by atoms with Gasteiger partial charge in [0.2, 0.25) is 0 Å². The fourth-order valence-electron chi connectivity index (χ4n) is 3.15. The number of nitrogens with zero attached hydrogens (tertiary/aromatic N) is 2. The molecule has 0 aliphatic carbocycles. The van der Waals surface area contributed by atoms with E-state index < -0.39 is 0 Å². The fraction of sp³-hybridized carbons (Fsp3) is 0.250. The zero-order valence-corrected chi connectivity index (χ0v) is 15.6. The number of hydrogen-bond donors (Lipinski definition) is 1. The zero-order chi connectivity index (χ0) is 17.8. The normalized spacial score (nSPS) is 12.3. The molecule has 5 heteroatoms. The molecule has 0 aliphatic rings. The van der Waals surface area contributed by atoms with Crippen LogP contribution in [0.15, 0.2) is 55.1 Å². The Kier molecular flexibility index (Phi) is 5.67. The largest absolute Gasteiger partial charge is 0.399 e. The summed E-state index contributed by atoms with van der Waals surface area (Å²) in [5.74, 6) is 0. The first kappa shape index (κ1) is 17.8. The molecule has 0 saturated carbocycles. The summed E-state index contributed by atoms with van der Waals surface area (Å²) < 4.78 is 2.14. The van der Waals surface area contributed by atoms with Gasteiger partial charge in [-0.2, -0.15) is 0 Å². The van der Waals surface area contributed by atoms with Gasteiger partial charge in [-0.15, -0.1) is 0 Å². The first-order chi connectivity index (χ1) is 12.1. The second kappa shape index (κ2) is 7.94. The van der Waals surface area contributed by atoms with Crippen LogP contribution in [0.3, 0.4) is 0 Å². The minimum absolute atomic E-state index is 0.206. The van der Waals surface area contributed by atoms with Crippen LogP contribution in [0, 0.1) is 0 Å². The average molecular weight is 374 g/mol. The first-order valence-electron chi connectivity index (χ1n) is 8.38. The van der Waals surface area contributed by atoms with Crippen LogP contribution < -0.4 is 5.73 Å². The number of halogens is 2. The van der Waals surface area contributed by atoms with E-state index in [0.29, 0.717) is 10.0 Å². The molecule has 3 aromatic rings. The van der Waals surface area contributed by atoms with Crippen molar-refractivity contribution in [2.24, 2.45) is 0 Å². The highest BCUT2D eigenvalue weighted by Gasteiger charge is 2.17. The second-order valence-corrected chi connectivity index (χ2v) is 7.03. The van der Waals surface area contributed by atoms with Gasteiger partial charge in [-0.05, 0) is 53.8 Å². The lowest BCUT2D eigenvalue weighted by Gasteiger charge is -2.22. The van der Waals surface area contributed by atoms with E-state index in [1.54, 1.807) is 6.07 Å². The molecule has 0 aliphatic heterocycles. The summed E-state index contributed by atoms with van der Waals surface area (Å²) in [5.41, 5.74) is 10.3. The van der Waals surface area contributed by atoms with Crippen molar-refractivity contribution in [3.63, 3.8) is 0 Å². The minimum atomic E-state index is 0.206. The Labute approximate surface area is 158 Å². The lowest BCUT2D eigenvalue weighted by Crippen LogP contribution is -2.12. The van der Waals surface area contributed by atoms with Gasteiger partial charge in [0.05, 0.1) is 12.4 Å². The van der Waals surface area contributed by atoms with Gasteiger partial charge in [0.15, 0.2) is 0 Å². The van der Waals surface area contributed by atoms with Crippen LogP contribution in [0.5, 0.6) is 0 Å². The molecule has 0 radical (unpaired) electrons. The van der Waals surface area contributed by atoms with E-state index in [9.17, 15) is 0 Å². The molecule has 0 fully saturated rings. The topological polar surface area (TPSA) is 43.8 Å². The summed E-state index contributed by atoms with van der Waals surface area (Å²) in [5, 5.41) is 1.33. The van der Waals surface area contributed by atoms with Crippen LogP contribution in [0.1, 0.15) is 42.5 Å². The van der Waals surface area contributed by atoms with Crippen LogP contribution in [0.2, 0.25) is 10.0 Å². The van der Waals surface area contributed by atoms with Gasteiger partial charge in [-0.3, -0.25) is 0 Å². The molecule has 130 valence electrons. The standard InChI is InChI=1S/C20H21Cl2N3/c1-2-3-20(25-9-8-24-13-25)18-12-17(23)7-5-14(18)10-15-4-6-16(21)11-19(15)22/h4-9,11-13,20H,2-3,10,23H2,1H3. The van der Waals surface area contributed by atoms with Crippen molar-refractivity contribution >= 4 is 28.9 Å². The molecule has 0 bridgehead atoms. The Morgan fingerprint density at radius 2 is 1.92 bits per heavy atom. The van der Waals surface area contributed by atoms with Gasteiger partial charge in [-0.25, -0.2) is 4.98 Å². The number of nitrogens with two attached hydrogens (primary N) is 1. The summed E-state index contributed by atoms with van der Waals surface area (Å²) >= 11 is 12.4. The van der Waals surface area contributed by atoms with Crippen LogP contribution >= 0.6 is 23.2 Å². The first-order valence-corrected chi connectivity index (χ1v) is 9.13. The summed E-state index contributed by atoms with van der Waals surface area (Å²) in [6.07, 6.45) is 8.50. The zero-order valence-electron chi connectivity index (χ0n) is 14.1. The van der Waals surface area contributed by atoms with E-state index in [1.807, 2.05) is 36.9 Å². The predicted octanol–water partition coefficient (Wildman–Crippen LogP) is 5.75. The molecule has 0 spiro atoms. The molecule has 2 N–H and O–H groups in total. The highest BCUT2D eigenvalue weighted by atomic mass is 35.5. The van der Waals surface area contributed by atoms with Crippen molar-refractivity contribution in [3.05, 3.63) is 81.9 Å². The molecule has 0 amide bonds. The van der Waals surface area contributed by atoms with Crippen LogP contribution in [0.25, 0.3) is 0 Å². The summed E-state index contributed by atoms with van der Waals surface area (Å²) in [6.45, 7) is 2.19. The van der Waals surface area contributed by atoms with E-state index in [4.69, 9.17) is 28.9 Å². The van der Waals surface area contributed by atoms with E-state index >= 15 is 0 Å². The van der Waals surface area contributed by atoms with Crippen molar-refractivity contribution in [2.45, 2.75) is 32.2 Å². The SMILES string of the molecule is CCCC(c1cc(N)ccc1Cc1ccc(Cl)cc1Cl)n1ccnc1. The highest BCUT2D eigenvalue weighted by molar-refractivity contribution is 6.35. The number of anilines is 1. The molecule has 1 heterocycles. The van der Waals surface area contributed by atoms with Crippen molar-refractivity contribution in [1.82, 2.24) is 9.55 Å². The van der Waals surface area contributed by atoms with Crippen LogP contribution in [-0.4, -0.2) is 9.55 Å². The minimum Gasteiger partial charge on any atom is -0.399 e. The van der Waals surface area contributed by atoms with Crippen molar-refractivity contribution in [3.8, 4) is 0 Å². The Hall–Kier alpha value is -1.97. The lowest BCUT2D eigenvalue weighted by atomic mass is 9.92. The van der Waals surface area contributed by atoms with Crippen molar-refractivity contribution in [1.29, 1.82) is 0 Å². The maximum Gasteiger partial charge on any atom is 0.0951 e. The molecule has 2 aromatic carbocycles. The summed E-state index contributed by atoms with van der Waals surface area (Å²) in [4.78, 5) is 4.21. The molecule has 3 nitrogen and oxygen atoms in total. The predicted molar refractivity (Wildman–Crippen MR) is 105 cm³/mol. The van der Waals surface area contributed by atoms with E-state index in [-0.39, 0.29) is 6.04 Å². The average Bonchev–Trinajstić information content (AvgIpc) is 3.11.